The van der Waals surface area contributed by atoms with Crippen LogP contribution in [0, 0.1) is 27.7 Å². The molecule has 6 rings (SSSR count). The molecule has 1 amide bonds. The maximum atomic E-state index is 15.2. The summed E-state index contributed by atoms with van der Waals surface area (Å²) in [4.78, 5) is 45.1. The highest BCUT2D eigenvalue weighted by Gasteiger charge is 2.64. The van der Waals surface area contributed by atoms with E-state index in [1.165, 1.54) is 4.90 Å². The molecule has 0 N–H and O–H groups in total. The lowest BCUT2D eigenvalue weighted by molar-refractivity contribution is -0.132. The minimum absolute atomic E-state index is 0.0659. The third-order valence-electron chi connectivity index (χ3n) is 8.54. The van der Waals surface area contributed by atoms with Gasteiger partial charge in [0.15, 0.2) is 5.78 Å². The van der Waals surface area contributed by atoms with Gasteiger partial charge in [0.05, 0.1) is 12.7 Å². The van der Waals surface area contributed by atoms with Gasteiger partial charge in [-0.25, -0.2) is 0 Å². The van der Waals surface area contributed by atoms with E-state index in [2.05, 4.69) is 0 Å². The minimum atomic E-state index is -1.66. The zero-order valence-corrected chi connectivity index (χ0v) is 24.9. The second-order valence-corrected chi connectivity index (χ2v) is 11.4. The van der Waals surface area contributed by atoms with Gasteiger partial charge in [0, 0.05) is 23.2 Å². The number of hydrogen-bond acceptors (Lipinski definition) is 5. The highest BCUT2D eigenvalue weighted by Crippen LogP contribution is 2.53. The predicted octanol–water partition coefficient (Wildman–Crippen LogP) is 7.04. The van der Waals surface area contributed by atoms with E-state index in [4.69, 9.17) is 9.47 Å². The Hall–Kier alpha value is -4.97. The van der Waals surface area contributed by atoms with E-state index in [0.29, 0.717) is 22.6 Å². The van der Waals surface area contributed by atoms with Crippen LogP contribution in [-0.4, -0.2) is 30.1 Å². The first-order valence-corrected chi connectivity index (χ1v) is 14.3. The summed E-state index contributed by atoms with van der Waals surface area (Å²) >= 11 is 0. The molecule has 0 aromatic heterocycles. The Balaban J connectivity index is 1.72. The number of fused-ring (bicyclic) bond motifs is 1. The van der Waals surface area contributed by atoms with Gasteiger partial charge in [0.25, 0.3) is 11.7 Å². The number of ether oxygens (including phenoxy) is 2. The summed E-state index contributed by atoms with van der Waals surface area (Å²) in [5, 5.41) is 0. The van der Waals surface area contributed by atoms with Crippen LogP contribution in [0.4, 0.5) is 5.69 Å². The molecular formula is C37H33NO5. The average molecular weight is 572 g/mol. The van der Waals surface area contributed by atoms with Crippen molar-refractivity contribution in [3.05, 3.63) is 136 Å². The number of rotatable bonds is 6. The van der Waals surface area contributed by atoms with Gasteiger partial charge in [0.1, 0.15) is 23.2 Å². The number of ketones is 2. The van der Waals surface area contributed by atoms with Crippen molar-refractivity contribution >= 4 is 28.9 Å². The zero-order valence-electron chi connectivity index (χ0n) is 24.9. The number of benzene rings is 4. The normalized spacial score (nSPS) is 19.7. The second kappa shape index (κ2) is 10.7. The van der Waals surface area contributed by atoms with Gasteiger partial charge in [-0.15, -0.1) is 0 Å². The van der Waals surface area contributed by atoms with E-state index in [1.807, 2.05) is 94.4 Å². The number of aryl methyl sites for hydroxylation is 4. The zero-order chi connectivity index (χ0) is 30.5. The molecule has 216 valence electrons. The molecule has 0 bridgehead atoms. The summed E-state index contributed by atoms with van der Waals surface area (Å²) in [5.74, 6) is -0.950. The fraction of sp³-hybridized carbons (Fsp3) is 0.216. The van der Waals surface area contributed by atoms with Crippen LogP contribution in [0.3, 0.4) is 0 Å². The van der Waals surface area contributed by atoms with Crippen molar-refractivity contribution in [3.8, 4) is 5.75 Å². The van der Waals surface area contributed by atoms with Crippen molar-refractivity contribution in [2.45, 2.75) is 45.8 Å². The molecular weight excluding hydrogens is 538 g/mol. The molecule has 0 saturated carbocycles. The van der Waals surface area contributed by atoms with Gasteiger partial charge in [-0.3, -0.25) is 19.3 Å². The molecule has 2 atom stereocenters. The molecule has 4 aromatic rings. The van der Waals surface area contributed by atoms with Crippen LogP contribution in [0.2, 0.25) is 0 Å². The van der Waals surface area contributed by atoms with Crippen LogP contribution in [0.5, 0.6) is 5.75 Å². The largest absolute Gasteiger partial charge is 0.497 e. The maximum Gasteiger partial charge on any atom is 0.300 e. The van der Waals surface area contributed by atoms with Crippen molar-refractivity contribution in [2.24, 2.45) is 0 Å². The number of nitrogens with zero attached hydrogens (tertiary/aromatic N) is 1. The summed E-state index contributed by atoms with van der Waals surface area (Å²) in [6.07, 6.45) is -0.551. The Kier molecular flexibility index (Phi) is 7.01. The lowest BCUT2D eigenvalue weighted by atomic mass is 9.73. The topological polar surface area (TPSA) is 72.9 Å². The number of Topliss-reactive ketones (excluding diaryl/α,β-unsaturated/α-hetero) is 2. The number of anilines is 1. The molecule has 6 nitrogen and oxygen atoms in total. The van der Waals surface area contributed by atoms with E-state index in [-0.39, 0.29) is 23.5 Å². The van der Waals surface area contributed by atoms with E-state index in [0.717, 1.165) is 27.8 Å². The van der Waals surface area contributed by atoms with Gasteiger partial charge in [0.2, 0.25) is 0 Å². The van der Waals surface area contributed by atoms with E-state index < -0.39 is 23.3 Å². The average Bonchev–Trinajstić information content (AvgIpc) is 3.26. The van der Waals surface area contributed by atoms with Crippen LogP contribution in [0.1, 0.15) is 56.3 Å². The summed E-state index contributed by atoms with van der Waals surface area (Å²) in [7, 11) is 1.56. The SMILES string of the molecule is COc1ccc(N2C(=O)C(=O)C3=C(c4cc(C)ccc4C)OC(c4ccccc4)CC32C(=O)c2cc(C)ccc2C)cc1. The van der Waals surface area contributed by atoms with Gasteiger partial charge in [-0.05, 0) is 80.8 Å². The van der Waals surface area contributed by atoms with Crippen molar-refractivity contribution in [1.29, 1.82) is 0 Å². The molecule has 2 aliphatic heterocycles. The van der Waals surface area contributed by atoms with E-state index in [1.54, 1.807) is 31.4 Å². The van der Waals surface area contributed by atoms with Crippen molar-refractivity contribution < 1.29 is 23.9 Å². The first-order chi connectivity index (χ1) is 20.6. The summed E-state index contributed by atoms with van der Waals surface area (Å²) in [5.41, 5.74) is 4.36. The molecule has 0 aliphatic carbocycles. The molecule has 1 fully saturated rings. The third kappa shape index (κ3) is 4.54. The highest BCUT2D eigenvalue weighted by atomic mass is 16.5. The number of carbonyl (C=O) groups is 3. The minimum Gasteiger partial charge on any atom is -0.497 e. The molecule has 2 unspecified atom stereocenters. The highest BCUT2D eigenvalue weighted by molar-refractivity contribution is 6.55. The maximum absolute atomic E-state index is 15.2. The standard InChI is InChI=1S/C37H33NO5/c1-22-11-13-24(3)29(19-22)34-32-33(39)36(41)38(27-15-17-28(42-5)18-16-27)37(32,21-31(43-34)26-9-7-6-8-10-26)35(40)30-20-23(2)12-14-25(30)4/h6-20,31H,21H2,1-5H3. The van der Waals surface area contributed by atoms with Gasteiger partial charge in [-0.1, -0.05) is 65.7 Å². The molecule has 6 heteroatoms. The number of hydrogen-bond donors (Lipinski definition) is 0. The summed E-state index contributed by atoms with van der Waals surface area (Å²) in [6.45, 7) is 7.71. The molecule has 2 aliphatic rings. The summed E-state index contributed by atoms with van der Waals surface area (Å²) in [6, 6.07) is 28.1. The molecule has 2 heterocycles. The van der Waals surface area contributed by atoms with Gasteiger partial charge >= 0.3 is 0 Å². The summed E-state index contributed by atoms with van der Waals surface area (Å²) < 4.78 is 12.1. The Morgan fingerprint density at radius 2 is 1.49 bits per heavy atom. The van der Waals surface area contributed by atoms with Crippen LogP contribution in [0.25, 0.3) is 5.76 Å². The van der Waals surface area contributed by atoms with Crippen LogP contribution in [0.15, 0.2) is 96.6 Å². The van der Waals surface area contributed by atoms with Crippen LogP contribution >= 0.6 is 0 Å². The molecule has 43 heavy (non-hydrogen) atoms. The first kappa shape index (κ1) is 28.2. The Morgan fingerprint density at radius 3 is 2.16 bits per heavy atom. The molecule has 4 aromatic carbocycles. The van der Waals surface area contributed by atoms with Gasteiger partial charge in [-0.2, -0.15) is 0 Å². The fourth-order valence-corrected chi connectivity index (χ4v) is 6.29. The fourth-order valence-electron chi connectivity index (χ4n) is 6.29. The molecule has 0 spiro atoms. The van der Waals surface area contributed by atoms with E-state index in [9.17, 15) is 9.59 Å². The lowest BCUT2D eigenvalue weighted by Crippen LogP contribution is -2.56. The monoisotopic (exact) mass is 571 g/mol. The number of carbonyl (C=O) groups excluding carboxylic acids is 3. The number of methoxy groups -OCH3 is 1. The molecule has 0 radical (unpaired) electrons. The lowest BCUT2D eigenvalue weighted by Gasteiger charge is -2.44. The Bertz CT molecular complexity index is 1800. The van der Waals surface area contributed by atoms with E-state index >= 15 is 4.79 Å². The first-order valence-electron chi connectivity index (χ1n) is 14.3. The third-order valence-corrected chi connectivity index (χ3v) is 8.54. The Morgan fingerprint density at radius 1 is 0.837 bits per heavy atom. The van der Waals surface area contributed by atoms with Gasteiger partial charge < -0.3 is 9.47 Å². The van der Waals surface area contributed by atoms with Crippen LogP contribution < -0.4 is 9.64 Å². The van der Waals surface area contributed by atoms with Crippen molar-refractivity contribution in [2.75, 3.05) is 12.0 Å². The smallest absolute Gasteiger partial charge is 0.300 e. The molecule has 1 saturated heterocycles. The predicted molar refractivity (Wildman–Crippen MR) is 166 cm³/mol. The van der Waals surface area contributed by atoms with Crippen molar-refractivity contribution in [3.63, 3.8) is 0 Å². The second-order valence-electron chi connectivity index (χ2n) is 11.4. The van der Waals surface area contributed by atoms with Crippen molar-refractivity contribution in [1.82, 2.24) is 0 Å². The Labute approximate surface area is 251 Å². The number of amides is 1. The van der Waals surface area contributed by atoms with Crippen LogP contribution in [-0.2, 0) is 14.3 Å². The quantitative estimate of drug-likeness (QED) is 0.183.